The Kier molecular flexibility index (Phi) is 5.14. The van der Waals surface area contributed by atoms with E-state index < -0.39 is 17.7 Å². The molecule has 1 aromatic carbocycles. The molecule has 1 unspecified atom stereocenters. The number of aromatic hydroxyl groups is 1. The van der Waals surface area contributed by atoms with Gasteiger partial charge in [0.2, 0.25) is 5.88 Å². The maximum atomic E-state index is 14.0. The molecular formula is C16H14BrFN2O4. The second kappa shape index (κ2) is 6.93. The van der Waals surface area contributed by atoms with Gasteiger partial charge >= 0.3 is 5.97 Å². The van der Waals surface area contributed by atoms with Crippen molar-refractivity contribution in [1.82, 2.24) is 0 Å². The lowest BCUT2D eigenvalue weighted by molar-refractivity contribution is -0.139. The molecule has 0 saturated heterocycles. The highest BCUT2D eigenvalue weighted by Gasteiger charge is 2.38. The number of allylic oxidation sites excluding steroid dienone is 2. The summed E-state index contributed by atoms with van der Waals surface area (Å²) >= 11 is 2.96. The van der Waals surface area contributed by atoms with Gasteiger partial charge in [0.25, 0.3) is 0 Å². The molecule has 1 atom stereocenters. The van der Waals surface area contributed by atoms with Crippen molar-refractivity contribution in [2.24, 2.45) is 5.73 Å². The second-order valence-corrected chi connectivity index (χ2v) is 5.79. The molecule has 0 spiro atoms. The molecule has 0 radical (unpaired) electrons. The van der Waals surface area contributed by atoms with Gasteiger partial charge in [0.05, 0.1) is 22.6 Å². The van der Waals surface area contributed by atoms with Crippen LogP contribution in [-0.4, -0.2) is 17.7 Å². The quantitative estimate of drug-likeness (QED) is 0.760. The lowest BCUT2D eigenvalue weighted by Gasteiger charge is -2.27. The number of phenols is 1. The summed E-state index contributed by atoms with van der Waals surface area (Å²) in [5.74, 6) is -2.88. The number of hydrogen-bond donors (Lipinski definition) is 2. The zero-order valence-electron chi connectivity index (χ0n) is 12.9. The smallest absolute Gasteiger partial charge is 0.338 e. The summed E-state index contributed by atoms with van der Waals surface area (Å²) in [5.41, 5.74) is 5.62. The van der Waals surface area contributed by atoms with Crippen molar-refractivity contribution in [2.75, 3.05) is 6.61 Å². The molecule has 1 aliphatic rings. The van der Waals surface area contributed by atoms with Crippen LogP contribution in [0.25, 0.3) is 0 Å². The van der Waals surface area contributed by atoms with Crippen LogP contribution in [0.15, 0.2) is 39.4 Å². The molecule has 0 aliphatic carbocycles. The zero-order valence-corrected chi connectivity index (χ0v) is 14.5. The van der Waals surface area contributed by atoms with E-state index in [0.717, 1.165) is 12.1 Å². The lowest BCUT2D eigenvalue weighted by atomic mass is 9.82. The fourth-order valence-electron chi connectivity index (χ4n) is 2.45. The number of ether oxygens (including phenoxy) is 2. The Labute approximate surface area is 146 Å². The van der Waals surface area contributed by atoms with Crippen molar-refractivity contribution >= 4 is 21.9 Å². The lowest BCUT2D eigenvalue weighted by Crippen LogP contribution is -2.25. The first kappa shape index (κ1) is 17.8. The Balaban J connectivity index is 2.72. The number of nitriles is 1. The summed E-state index contributed by atoms with van der Waals surface area (Å²) in [6.45, 7) is 3.20. The molecular weight excluding hydrogens is 383 g/mol. The summed E-state index contributed by atoms with van der Waals surface area (Å²) in [4.78, 5) is 12.3. The van der Waals surface area contributed by atoms with Crippen LogP contribution in [0.4, 0.5) is 4.39 Å². The fourth-order valence-corrected chi connectivity index (χ4v) is 2.78. The van der Waals surface area contributed by atoms with E-state index >= 15 is 0 Å². The summed E-state index contributed by atoms with van der Waals surface area (Å²) in [6.07, 6.45) is 0. The van der Waals surface area contributed by atoms with Crippen LogP contribution in [0.5, 0.6) is 5.75 Å². The highest BCUT2D eigenvalue weighted by molar-refractivity contribution is 9.10. The Morgan fingerprint density at radius 3 is 2.83 bits per heavy atom. The van der Waals surface area contributed by atoms with E-state index in [-0.39, 0.29) is 45.2 Å². The largest absolute Gasteiger partial charge is 0.508 e. The molecule has 0 amide bonds. The Morgan fingerprint density at radius 2 is 2.25 bits per heavy atom. The molecule has 24 heavy (non-hydrogen) atoms. The Bertz CT molecular complexity index is 811. The summed E-state index contributed by atoms with van der Waals surface area (Å²) in [7, 11) is 0. The monoisotopic (exact) mass is 396 g/mol. The third kappa shape index (κ3) is 3.08. The average Bonchev–Trinajstić information content (AvgIpc) is 2.50. The number of esters is 1. The highest BCUT2D eigenvalue weighted by Crippen LogP contribution is 2.43. The first-order valence-corrected chi connectivity index (χ1v) is 7.74. The van der Waals surface area contributed by atoms with E-state index in [2.05, 4.69) is 15.9 Å². The normalized spacial score (nSPS) is 17.4. The third-order valence-electron chi connectivity index (χ3n) is 3.48. The molecule has 0 bridgehead atoms. The van der Waals surface area contributed by atoms with Gasteiger partial charge in [0.1, 0.15) is 29.0 Å². The first-order chi connectivity index (χ1) is 11.3. The minimum absolute atomic E-state index is 0.0142. The highest BCUT2D eigenvalue weighted by atomic mass is 79.9. The number of nitrogens with two attached hydrogens (primary N) is 1. The predicted molar refractivity (Wildman–Crippen MR) is 85.8 cm³/mol. The van der Waals surface area contributed by atoms with E-state index in [9.17, 15) is 19.6 Å². The van der Waals surface area contributed by atoms with Crippen molar-refractivity contribution in [2.45, 2.75) is 19.8 Å². The number of rotatable bonds is 3. The summed E-state index contributed by atoms with van der Waals surface area (Å²) in [6, 6.07) is 4.03. The number of carbonyl (C=O) groups excluding carboxylic acids is 1. The number of halogens is 2. The Hall–Kier alpha value is -2.53. The van der Waals surface area contributed by atoms with Gasteiger partial charge in [-0.1, -0.05) is 0 Å². The van der Waals surface area contributed by atoms with Crippen LogP contribution < -0.4 is 5.73 Å². The van der Waals surface area contributed by atoms with Gasteiger partial charge in [0.15, 0.2) is 0 Å². The van der Waals surface area contributed by atoms with Gasteiger partial charge < -0.3 is 20.3 Å². The molecule has 0 aromatic heterocycles. The molecule has 1 heterocycles. The van der Waals surface area contributed by atoms with E-state index in [1.807, 2.05) is 6.07 Å². The van der Waals surface area contributed by atoms with E-state index in [1.165, 1.54) is 6.92 Å². The first-order valence-electron chi connectivity index (χ1n) is 6.95. The molecule has 6 nitrogen and oxygen atoms in total. The zero-order chi connectivity index (χ0) is 18.0. The van der Waals surface area contributed by atoms with Crippen LogP contribution in [-0.2, 0) is 14.3 Å². The summed E-state index contributed by atoms with van der Waals surface area (Å²) in [5, 5.41) is 19.6. The minimum Gasteiger partial charge on any atom is -0.508 e. The standard InChI is InChI=1S/C16H14BrFN2O4/c1-3-23-16(22)13-7(2)24-15(20)9(6-19)14(13)8-4-11(18)10(17)5-12(8)21/h4-5,14,21H,3,20H2,1-2H3. The number of hydrogen-bond acceptors (Lipinski definition) is 6. The fraction of sp³-hybridized carbons (Fsp3) is 0.250. The van der Waals surface area contributed by atoms with E-state index in [0.29, 0.717) is 0 Å². The Morgan fingerprint density at radius 1 is 1.58 bits per heavy atom. The second-order valence-electron chi connectivity index (χ2n) is 4.94. The number of benzene rings is 1. The van der Waals surface area contributed by atoms with Gasteiger partial charge in [-0.15, -0.1) is 0 Å². The van der Waals surface area contributed by atoms with Crippen molar-refractivity contribution in [3.05, 3.63) is 50.8 Å². The van der Waals surface area contributed by atoms with Crippen LogP contribution in [0.2, 0.25) is 0 Å². The van der Waals surface area contributed by atoms with Gasteiger partial charge in [-0.2, -0.15) is 5.26 Å². The number of phenolic OH excluding ortho intramolecular Hbond substituents is 1. The predicted octanol–water partition coefficient (Wildman–Crippen LogP) is 2.94. The third-order valence-corrected chi connectivity index (χ3v) is 4.09. The molecule has 1 aliphatic heterocycles. The average molecular weight is 397 g/mol. The maximum Gasteiger partial charge on any atom is 0.338 e. The van der Waals surface area contributed by atoms with Crippen LogP contribution in [0, 0.1) is 17.1 Å². The summed E-state index contributed by atoms with van der Waals surface area (Å²) < 4.78 is 24.2. The van der Waals surface area contributed by atoms with Gasteiger partial charge in [-0.3, -0.25) is 0 Å². The van der Waals surface area contributed by atoms with Gasteiger partial charge in [0, 0.05) is 5.56 Å². The van der Waals surface area contributed by atoms with Crippen molar-refractivity contribution in [3.63, 3.8) is 0 Å². The number of nitrogens with zero attached hydrogens (tertiary/aromatic N) is 1. The molecule has 1 aromatic rings. The van der Waals surface area contributed by atoms with E-state index in [1.54, 1.807) is 6.92 Å². The van der Waals surface area contributed by atoms with Crippen molar-refractivity contribution in [1.29, 1.82) is 5.26 Å². The molecule has 0 fully saturated rings. The van der Waals surface area contributed by atoms with Crippen LogP contribution in [0.1, 0.15) is 25.3 Å². The molecule has 3 N–H and O–H groups in total. The number of carbonyl (C=O) groups is 1. The van der Waals surface area contributed by atoms with Crippen molar-refractivity contribution in [3.8, 4) is 11.8 Å². The van der Waals surface area contributed by atoms with E-state index in [4.69, 9.17) is 15.2 Å². The molecule has 0 saturated carbocycles. The maximum absolute atomic E-state index is 14.0. The van der Waals surface area contributed by atoms with Gasteiger partial charge in [-0.25, -0.2) is 9.18 Å². The SMILES string of the molecule is CCOC(=O)C1=C(C)OC(N)=C(C#N)C1c1cc(F)c(Br)cc1O. The van der Waals surface area contributed by atoms with Crippen LogP contribution >= 0.6 is 15.9 Å². The molecule has 2 rings (SSSR count). The van der Waals surface area contributed by atoms with Crippen LogP contribution in [0.3, 0.4) is 0 Å². The van der Waals surface area contributed by atoms with Gasteiger partial charge in [-0.05, 0) is 41.9 Å². The van der Waals surface area contributed by atoms with Crippen molar-refractivity contribution < 1.29 is 23.8 Å². The minimum atomic E-state index is -1.09. The molecule has 8 heteroatoms. The topological polar surface area (TPSA) is 106 Å². The molecule has 126 valence electrons.